The average Bonchev–Trinajstić information content (AvgIpc) is 2.82. The molecule has 0 radical (unpaired) electrons. The number of rotatable bonds is 4. The zero-order chi connectivity index (χ0) is 12.8. The van der Waals surface area contributed by atoms with Crippen LogP contribution in [-0.4, -0.2) is 20.1 Å². The van der Waals surface area contributed by atoms with Crippen molar-refractivity contribution in [3.8, 4) is 0 Å². The van der Waals surface area contributed by atoms with E-state index in [4.69, 9.17) is 10.3 Å². The van der Waals surface area contributed by atoms with Crippen molar-refractivity contribution >= 4 is 0 Å². The van der Waals surface area contributed by atoms with Crippen LogP contribution in [0.4, 0.5) is 0 Å². The molecule has 1 unspecified atom stereocenters. The van der Waals surface area contributed by atoms with Crippen molar-refractivity contribution < 1.29 is 4.52 Å². The summed E-state index contributed by atoms with van der Waals surface area (Å²) >= 11 is 0. The molecule has 18 heavy (non-hydrogen) atoms. The van der Waals surface area contributed by atoms with Crippen LogP contribution in [0, 0.1) is 5.41 Å². The number of nitrogens with two attached hydrogens (primary N) is 1. The first-order valence-electron chi connectivity index (χ1n) is 6.12. The molecule has 1 aliphatic rings. The molecular weight excluding hydrogens is 230 g/mol. The largest absolute Gasteiger partial charge is 0.348 e. The maximum atomic E-state index is 6.04. The quantitative estimate of drug-likeness (QED) is 0.854. The number of nitrogens with zero attached hydrogens (tertiary/aromatic N) is 3. The van der Waals surface area contributed by atoms with Gasteiger partial charge in [-0.05, 0) is 11.8 Å². The fraction of sp³-hybridized carbons (Fsp3) is 0.583. The third-order valence-corrected chi connectivity index (χ3v) is 3.59. The van der Waals surface area contributed by atoms with E-state index in [1.165, 1.54) is 0 Å². The lowest BCUT2D eigenvalue weighted by Gasteiger charge is -2.03. The Labute approximate surface area is 105 Å². The van der Waals surface area contributed by atoms with Crippen molar-refractivity contribution in [2.45, 2.75) is 38.6 Å². The number of H-pyrrole nitrogens is 1. The molecule has 0 bridgehead atoms. The molecule has 0 aliphatic heterocycles. The van der Waals surface area contributed by atoms with Gasteiger partial charge >= 0.3 is 0 Å². The first kappa shape index (κ1) is 11.4. The SMILES string of the molecule is CC1(C)CC1c1noc([C@H](N)Cc2cnc[nH]2)n1. The van der Waals surface area contributed by atoms with E-state index in [2.05, 4.69) is 34.0 Å². The lowest BCUT2D eigenvalue weighted by molar-refractivity contribution is 0.348. The first-order valence-corrected chi connectivity index (χ1v) is 6.12. The van der Waals surface area contributed by atoms with Gasteiger partial charge in [-0.2, -0.15) is 4.98 Å². The van der Waals surface area contributed by atoms with Crippen LogP contribution in [0.3, 0.4) is 0 Å². The van der Waals surface area contributed by atoms with Crippen molar-refractivity contribution in [3.63, 3.8) is 0 Å². The van der Waals surface area contributed by atoms with Gasteiger partial charge in [0.05, 0.1) is 12.4 Å². The Morgan fingerprint density at radius 2 is 2.39 bits per heavy atom. The average molecular weight is 247 g/mol. The van der Waals surface area contributed by atoms with Crippen LogP contribution in [0.1, 0.15) is 49.6 Å². The summed E-state index contributed by atoms with van der Waals surface area (Å²) in [5, 5.41) is 4.03. The van der Waals surface area contributed by atoms with Crippen molar-refractivity contribution in [3.05, 3.63) is 29.9 Å². The summed E-state index contributed by atoms with van der Waals surface area (Å²) in [6.45, 7) is 4.41. The van der Waals surface area contributed by atoms with Gasteiger partial charge in [0, 0.05) is 24.2 Å². The van der Waals surface area contributed by atoms with Crippen LogP contribution in [0.5, 0.6) is 0 Å². The molecular formula is C12H17N5O. The second-order valence-corrected chi connectivity index (χ2v) is 5.62. The molecule has 2 aromatic rings. The molecule has 1 aliphatic carbocycles. The topological polar surface area (TPSA) is 93.6 Å². The molecule has 0 spiro atoms. The van der Waals surface area contributed by atoms with Gasteiger partial charge in [0.2, 0.25) is 5.89 Å². The molecule has 2 atom stereocenters. The third-order valence-electron chi connectivity index (χ3n) is 3.59. The summed E-state index contributed by atoms with van der Waals surface area (Å²) in [5.41, 5.74) is 7.31. The van der Waals surface area contributed by atoms with Gasteiger partial charge < -0.3 is 15.2 Å². The molecule has 1 saturated carbocycles. The van der Waals surface area contributed by atoms with Crippen LogP contribution in [0.2, 0.25) is 0 Å². The highest BCUT2D eigenvalue weighted by molar-refractivity contribution is 5.15. The molecule has 0 saturated heterocycles. The zero-order valence-electron chi connectivity index (χ0n) is 10.6. The van der Waals surface area contributed by atoms with Crippen molar-refractivity contribution in [2.24, 2.45) is 11.1 Å². The summed E-state index contributed by atoms with van der Waals surface area (Å²) in [4.78, 5) is 11.4. The second-order valence-electron chi connectivity index (χ2n) is 5.62. The maximum Gasteiger partial charge on any atom is 0.243 e. The highest BCUT2D eigenvalue weighted by Crippen LogP contribution is 2.57. The highest BCUT2D eigenvalue weighted by Gasteiger charge is 2.49. The zero-order valence-corrected chi connectivity index (χ0v) is 10.6. The summed E-state index contributed by atoms with van der Waals surface area (Å²) in [7, 11) is 0. The lowest BCUT2D eigenvalue weighted by Crippen LogP contribution is -2.14. The molecule has 6 heteroatoms. The standard InChI is InChI=1S/C12H17N5O/c1-12(2)4-8(12)10-16-11(18-17-10)9(13)3-7-5-14-6-15-7/h5-6,8-9H,3-4,13H2,1-2H3,(H,14,15)/t8?,9-/m1/s1. The fourth-order valence-corrected chi connectivity index (χ4v) is 2.17. The van der Waals surface area contributed by atoms with E-state index in [0.29, 0.717) is 23.6 Å². The molecule has 2 aromatic heterocycles. The van der Waals surface area contributed by atoms with Crippen molar-refractivity contribution in [1.29, 1.82) is 0 Å². The first-order chi connectivity index (χ1) is 8.56. The molecule has 0 amide bonds. The minimum atomic E-state index is -0.284. The molecule has 0 aromatic carbocycles. The van der Waals surface area contributed by atoms with Gasteiger partial charge in [-0.1, -0.05) is 19.0 Å². The van der Waals surface area contributed by atoms with E-state index in [-0.39, 0.29) is 6.04 Å². The number of hydrogen-bond donors (Lipinski definition) is 2. The molecule has 96 valence electrons. The summed E-state index contributed by atoms with van der Waals surface area (Å²) in [6, 6.07) is -0.284. The Morgan fingerprint density at radius 1 is 1.61 bits per heavy atom. The number of aromatic nitrogens is 4. The van der Waals surface area contributed by atoms with Gasteiger partial charge in [0.1, 0.15) is 0 Å². The van der Waals surface area contributed by atoms with E-state index < -0.39 is 0 Å². The Bertz CT molecular complexity index is 530. The summed E-state index contributed by atoms with van der Waals surface area (Å²) < 4.78 is 5.25. The number of hydrogen-bond acceptors (Lipinski definition) is 5. The maximum absolute atomic E-state index is 6.04. The van der Waals surface area contributed by atoms with E-state index >= 15 is 0 Å². The minimum Gasteiger partial charge on any atom is -0.348 e. The van der Waals surface area contributed by atoms with Crippen molar-refractivity contribution in [2.75, 3.05) is 0 Å². The highest BCUT2D eigenvalue weighted by atomic mass is 16.5. The Kier molecular flexibility index (Phi) is 2.48. The van der Waals surface area contributed by atoms with Crippen LogP contribution in [0.25, 0.3) is 0 Å². The molecule has 3 N–H and O–H groups in total. The third kappa shape index (κ3) is 2.03. The molecule has 6 nitrogen and oxygen atoms in total. The minimum absolute atomic E-state index is 0.284. The Morgan fingerprint density at radius 3 is 3.00 bits per heavy atom. The Balaban J connectivity index is 1.69. The Hall–Kier alpha value is -1.69. The van der Waals surface area contributed by atoms with Gasteiger partial charge in [-0.25, -0.2) is 4.98 Å². The van der Waals surface area contributed by atoms with E-state index in [1.54, 1.807) is 12.5 Å². The van der Waals surface area contributed by atoms with Crippen LogP contribution >= 0.6 is 0 Å². The van der Waals surface area contributed by atoms with Gasteiger partial charge in [-0.3, -0.25) is 0 Å². The molecule has 2 heterocycles. The van der Waals surface area contributed by atoms with Gasteiger partial charge in [0.15, 0.2) is 5.82 Å². The van der Waals surface area contributed by atoms with Gasteiger partial charge in [-0.15, -0.1) is 0 Å². The normalized spacial score (nSPS) is 22.9. The van der Waals surface area contributed by atoms with Crippen LogP contribution in [0.15, 0.2) is 17.0 Å². The monoisotopic (exact) mass is 247 g/mol. The predicted molar refractivity (Wildman–Crippen MR) is 64.7 cm³/mol. The molecule has 1 fully saturated rings. The fourth-order valence-electron chi connectivity index (χ4n) is 2.17. The smallest absolute Gasteiger partial charge is 0.243 e. The lowest BCUT2D eigenvalue weighted by atomic mass is 10.1. The van der Waals surface area contributed by atoms with E-state index in [1.807, 2.05) is 0 Å². The number of aromatic amines is 1. The molecule has 3 rings (SSSR count). The summed E-state index contributed by atoms with van der Waals surface area (Å²) in [5.74, 6) is 1.70. The summed E-state index contributed by atoms with van der Waals surface area (Å²) in [6.07, 6.45) is 5.12. The number of imidazole rings is 1. The van der Waals surface area contributed by atoms with Crippen LogP contribution < -0.4 is 5.73 Å². The second kappa shape index (κ2) is 3.91. The van der Waals surface area contributed by atoms with Gasteiger partial charge in [0.25, 0.3) is 0 Å². The number of nitrogens with one attached hydrogen (secondary N) is 1. The van der Waals surface area contributed by atoms with Crippen molar-refractivity contribution in [1.82, 2.24) is 20.1 Å². The van der Waals surface area contributed by atoms with Crippen LogP contribution in [-0.2, 0) is 6.42 Å². The predicted octanol–water partition coefficient (Wildman–Crippen LogP) is 1.55. The van der Waals surface area contributed by atoms with E-state index in [9.17, 15) is 0 Å². The van der Waals surface area contributed by atoms with E-state index in [0.717, 1.165) is 17.9 Å².